The molecule has 0 bridgehead atoms. The van der Waals surface area contributed by atoms with E-state index < -0.39 is 10.0 Å². The molecule has 3 rings (SSSR count). The molecule has 1 unspecified atom stereocenters. The summed E-state index contributed by atoms with van der Waals surface area (Å²) in [5, 5.41) is 0. The van der Waals surface area contributed by atoms with E-state index in [1.54, 1.807) is 35.2 Å². The van der Waals surface area contributed by atoms with Gasteiger partial charge >= 0.3 is 0 Å². The van der Waals surface area contributed by atoms with Gasteiger partial charge in [0.15, 0.2) is 0 Å². The third-order valence-corrected chi connectivity index (χ3v) is 6.30. The van der Waals surface area contributed by atoms with Gasteiger partial charge in [0.25, 0.3) is 10.0 Å². The maximum atomic E-state index is 12.8. The molecule has 5 nitrogen and oxygen atoms in total. The maximum Gasteiger partial charge on any atom is 0.261 e. The molecule has 1 heterocycles. The number of rotatable bonds is 3. The molecule has 1 atom stereocenters. The number of nitrogens with one attached hydrogen (secondary N) is 1. The molecule has 6 heteroatoms. The Morgan fingerprint density at radius 3 is 2.30 bits per heavy atom. The SMILES string of the molecule is CC(=O)N1c2ccc(S(=O)(=O)Nc3ccc(C(C)(C)C)cc3)cc2CC1C. The number of hydrogen-bond acceptors (Lipinski definition) is 3. The largest absolute Gasteiger partial charge is 0.309 e. The summed E-state index contributed by atoms with van der Waals surface area (Å²) in [6.45, 7) is 9.83. The predicted octanol–water partition coefficient (Wildman–Crippen LogP) is 4.08. The zero-order valence-electron chi connectivity index (χ0n) is 16.4. The van der Waals surface area contributed by atoms with E-state index in [9.17, 15) is 13.2 Å². The lowest BCUT2D eigenvalue weighted by atomic mass is 9.87. The van der Waals surface area contributed by atoms with Crippen LogP contribution in [0.1, 0.15) is 45.7 Å². The standard InChI is InChI=1S/C21H26N2O3S/c1-14-12-16-13-19(10-11-20(16)23(14)15(2)24)27(25,26)22-18-8-6-17(7-9-18)21(3,4)5/h6-11,13-14,22H,12H2,1-5H3. The van der Waals surface area contributed by atoms with Crippen molar-refractivity contribution in [1.29, 1.82) is 0 Å². The first kappa shape index (κ1) is 19.4. The molecular formula is C21H26N2O3S. The van der Waals surface area contributed by atoms with E-state index in [4.69, 9.17) is 0 Å². The normalized spacial score (nSPS) is 16.9. The van der Waals surface area contributed by atoms with E-state index in [0.29, 0.717) is 12.1 Å². The minimum atomic E-state index is -3.69. The van der Waals surface area contributed by atoms with Gasteiger partial charge in [0.2, 0.25) is 5.91 Å². The highest BCUT2D eigenvalue weighted by molar-refractivity contribution is 7.92. The van der Waals surface area contributed by atoms with Gasteiger partial charge in [-0.1, -0.05) is 32.9 Å². The zero-order chi connectivity index (χ0) is 20.0. The molecule has 0 aliphatic carbocycles. The van der Waals surface area contributed by atoms with Crippen LogP contribution >= 0.6 is 0 Å². The molecule has 0 saturated carbocycles. The first-order valence-corrected chi connectivity index (χ1v) is 10.5. The van der Waals surface area contributed by atoms with Crippen LogP contribution in [0.3, 0.4) is 0 Å². The highest BCUT2D eigenvalue weighted by atomic mass is 32.2. The van der Waals surface area contributed by atoms with Crippen molar-refractivity contribution in [1.82, 2.24) is 0 Å². The zero-order valence-corrected chi connectivity index (χ0v) is 17.2. The summed E-state index contributed by atoms with van der Waals surface area (Å²) in [5.41, 5.74) is 3.35. The van der Waals surface area contributed by atoms with Crippen LogP contribution in [0.5, 0.6) is 0 Å². The maximum absolute atomic E-state index is 12.8. The van der Waals surface area contributed by atoms with Crippen molar-refractivity contribution in [3.05, 3.63) is 53.6 Å². The van der Waals surface area contributed by atoms with Crippen LogP contribution < -0.4 is 9.62 Å². The van der Waals surface area contributed by atoms with Gasteiger partial charge in [0.1, 0.15) is 0 Å². The highest BCUT2D eigenvalue weighted by Crippen LogP contribution is 2.34. The lowest BCUT2D eigenvalue weighted by molar-refractivity contribution is -0.116. The molecular weight excluding hydrogens is 360 g/mol. The molecule has 1 amide bonds. The van der Waals surface area contributed by atoms with Gasteiger partial charge in [-0.3, -0.25) is 9.52 Å². The van der Waals surface area contributed by atoms with Crippen molar-refractivity contribution < 1.29 is 13.2 Å². The van der Waals surface area contributed by atoms with Crippen molar-refractivity contribution in [2.45, 2.75) is 57.4 Å². The number of fused-ring (bicyclic) bond motifs is 1. The van der Waals surface area contributed by atoms with Crippen molar-refractivity contribution in [2.24, 2.45) is 0 Å². The van der Waals surface area contributed by atoms with Gasteiger partial charge in [-0.15, -0.1) is 0 Å². The van der Waals surface area contributed by atoms with Crippen molar-refractivity contribution in [2.75, 3.05) is 9.62 Å². The first-order valence-electron chi connectivity index (χ1n) is 9.05. The first-order chi connectivity index (χ1) is 12.5. The molecule has 2 aromatic carbocycles. The monoisotopic (exact) mass is 386 g/mol. The van der Waals surface area contributed by atoms with E-state index in [2.05, 4.69) is 25.5 Å². The quantitative estimate of drug-likeness (QED) is 0.864. The van der Waals surface area contributed by atoms with Gasteiger partial charge < -0.3 is 4.90 Å². The minimum absolute atomic E-state index is 0.0106. The fourth-order valence-corrected chi connectivity index (χ4v) is 4.62. The topological polar surface area (TPSA) is 66.5 Å². The molecule has 27 heavy (non-hydrogen) atoms. The number of amides is 1. The summed E-state index contributed by atoms with van der Waals surface area (Å²) in [7, 11) is -3.69. The third-order valence-electron chi connectivity index (χ3n) is 4.92. The summed E-state index contributed by atoms with van der Waals surface area (Å²) in [5.74, 6) is -0.0334. The van der Waals surface area contributed by atoms with E-state index in [-0.39, 0.29) is 22.3 Å². The van der Waals surface area contributed by atoms with Crippen LogP contribution in [0.2, 0.25) is 0 Å². The minimum Gasteiger partial charge on any atom is -0.309 e. The number of sulfonamides is 1. The summed E-state index contributed by atoms with van der Waals surface area (Å²) < 4.78 is 28.2. The fraction of sp³-hybridized carbons (Fsp3) is 0.381. The average Bonchev–Trinajstić information content (AvgIpc) is 2.89. The Kier molecular flexibility index (Phi) is 4.80. The van der Waals surface area contributed by atoms with E-state index in [0.717, 1.165) is 16.8 Å². The second kappa shape index (κ2) is 6.68. The van der Waals surface area contributed by atoms with Crippen LogP contribution in [0.4, 0.5) is 11.4 Å². The molecule has 0 radical (unpaired) electrons. The Balaban J connectivity index is 1.86. The number of hydrogen-bond donors (Lipinski definition) is 1. The summed E-state index contributed by atoms with van der Waals surface area (Å²) in [6.07, 6.45) is 0.651. The summed E-state index contributed by atoms with van der Waals surface area (Å²) in [4.78, 5) is 13.8. The molecule has 2 aromatic rings. The van der Waals surface area contributed by atoms with Crippen molar-refractivity contribution >= 4 is 27.3 Å². The smallest absolute Gasteiger partial charge is 0.261 e. The van der Waals surface area contributed by atoms with Crippen LogP contribution in [0.25, 0.3) is 0 Å². The number of carbonyl (C=O) groups is 1. The van der Waals surface area contributed by atoms with Crippen molar-refractivity contribution in [3.8, 4) is 0 Å². The Hall–Kier alpha value is -2.34. The molecule has 0 spiro atoms. The molecule has 1 N–H and O–H groups in total. The Bertz CT molecular complexity index is 973. The molecule has 144 valence electrons. The van der Waals surface area contributed by atoms with E-state index in [1.807, 2.05) is 19.1 Å². The van der Waals surface area contributed by atoms with Gasteiger partial charge in [-0.25, -0.2) is 8.42 Å². The Morgan fingerprint density at radius 1 is 1.11 bits per heavy atom. The van der Waals surface area contributed by atoms with Crippen molar-refractivity contribution in [3.63, 3.8) is 0 Å². The van der Waals surface area contributed by atoms with Crippen LogP contribution in [-0.4, -0.2) is 20.4 Å². The molecule has 0 aromatic heterocycles. The second-order valence-electron chi connectivity index (χ2n) is 8.17. The average molecular weight is 387 g/mol. The van der Waals surface area contributed by atoms with Gasteiger partial charge in [-0.05, 0) is 60.2 Å². The van der Waals surface area contributed by atoms with Gasteiger partial charge in [0, 0.05) is 24.3 Å². The predicted molar refractivity (Wildman–Crippen MR) is 109 cm³/mol. The van der Waals surface area contributed by atoms with Crippen LogP contribution in [-0.2, 0) is 26.7 Å². The van der Waals surface area contributed by atoms with Crippen LogP contribution in [0, 0.1) is 0 Å². The second-order valence-corrected chi connectivity index (χ2v) is 9.85. The molecule has 1 aliphatic heterocycles. The van der Waals surface area contributed by atoms with Gasteiger partial charge in [0.05, 0.1) is 4.90 Å². The van der Waals surface area contributed by atoms with E-state index in [1.165, 1.54) is 6.92 Å². The Labute approximate surface area is 161 Å². The number of nitrogens with zero attached hydrogens (tertiary/aromatic N) is 1. The Morgan fingerprint density at radius 2 is 1.74 bits per heavy atom. The summed E-state index contributed by atoms with van der Waals surface area (Å²) in [6, 6.07) is 12.4. The lowest BCUT2D eigenvalue weighted by Crippen LogP contribution is -2.33. The van der Waals surface area contributed by atoms with Gasteiger partial charge in [-0.2, -0.15) is 0 Å². The fourth-order valence-electron chi connectivity index (χ4n) is 3.51. The highest BCUT2D eigenvalue weighted by Gasteiger charge is 2.30. The lowest BCUT2D eigenvalue weighted by Gasteiger charge is -2.20. The number of benzene rings is 2. The summed E-state index contributed by atoms with van der Waals surface area (Å²) >= 11 is 0. The molecule has 0 saturated heterocycles. The number of anilines is 2. The third kappa shape index (κ3) is 3.86. The molecule has 0 fully saturated rings. The number of carbonyl (C=O) groups excluding carboxylic acids is 1. The molecule has 1 aliphatic rings. The van der Waals surface area contributed by atoms with Crippen LogP contribution in [0.15, 0.2) is 47.4 Å². The van der Waals surface area contributed by atoms with E-state index >= 15 is 0 Å².